The van der Waals surface area contributed by atoms with E-state index in [1.54, 1.807) is 11.3 Å². The summed E-state index contributed by atoms with van der Waals surface area (Å²) in [6.45, 7) is 4.26. The van der Waals surface area contributed by atoms with Crippen LogP contribution in [-0.4, -0.2) is 10.1 Å². The lowest BCUT2D eigenvalue weighted by molar-refractivity contribution is 0.0726. The number of rotatable bonds is 3. The summed E-state index contributed by atoms with van der Waals surface area (Å²) >= 11 is 1.60. The Hall–Kier alpha value is -0.410. The average molecular weight is 239 g/mol. The summed E-state index contributed by atoms with van der Waals surface area (Å²) < 4.78 is 0. The van der Waals surface area contributed by atoms with Crippen LogP contribution in [0.15, 0.2) is 5.38 Å². The van der Waals surface area contributed by atoms with E-state index < -0.39 is 0 Å². The van der Waals surface area contributed by atoms with Gasteiger partial charge in [0.25, 0.3) is 0 Å². The highest BCUT2D eigenvalue weighted by atomic mass is 32.1. The van der Waals surface area contributed by atoms with Crippen molar-refractivity contribution in [2.45, 2.75) is 52.1 Å². The molecule has 1 N–H and O–H groups in total. The SMILES string of the molecule is CCC1CCC(C(O)c2nc(C)cs2)CC1. The summed E-state index contributed by atoms with van der Waals surface area (Å²) in [4.78, 5) is 4.39. The summed E-state index contributed by atoms with van der Waals surface area (Å²) in [5.41, 5.74) is 1.03. The topological polar surface area (TPSA) is 33.1 Å². The maximum atomic E-state index is 10.3. The molecule has 1 unspecified atom stereocenters. The maximum Gasteiger partial charge on any atom is 0.122 e. The van der Waals surface area contributed by atoms with Gasteiger partial charge in [0.2, 0.25) is 0 Å². The molecule has 1 aromatic heterocycles. The highest BCUT2D eigenvalue weighted by Gasteiger charge is 2.28. The van der Waals surface area contributed by atoms with Gasteiger partial charge >= 0.3 is 0 Å². The van der Waals surface area contributed by atoms with Gasteiger partial charge < -0.3 is 5.11 Å². The van der Waals surface area contributed by atoms with Crippen LogP contribution in [0.25, 0.3) is 0 Å². The summed E-state index contributed by atoms with van der Waals surface area (Å²) in [6.07, 6.45) is 5.86. The zero-order chi connectivity index (χ0) is 11.5. The van der Waals surface area contributed by atoms with Gasteiger partial charge in [-0.1, -0.05) is 26.2 Å². The quantitative estimate of drug-likeness (QED) is 0.872. The van der Waals surface area contributed by atoms with Gasteiger partial charge in [-0.2, -0.15) is 0 Å². The summed E-state index contributed by atoms with van der Waals surface area (Å²) in [5, 5.41) is 13.2. The molecule has 1 aromatic rings. The third kappa shape index (κ3) is 2.64. The molecule has 0 aliphatic heterocycles. The molecule has 0 radical (unpaired) electrons. The highest BCUT2D eigenvalue weighted by molar-refractivity contribution is 7.09. The zero-order valence-corrected chi connectivity index (χ0v) is 11.0. The van der Waals surface area contributed by atoms with Gasteiger partial charge in [-0.25, -0.2) is 4.98 Å². The van der Waals surface area contributed by atoms with Gasteiger partial charge in [0.1, 0.15) is 11.1 Å². The van der Waals surface area contributed by atoms with Gasteiger partial charge in [0, 0.05) is 11.1 Å². The molecule has 1 aliphatic carbocycles. The van der Waals surface area contributed by atoms with E-state index in [4.69, 9.17) is 0 Å². The van der Waals surface area contributed by atoms with Crippen molar-refractivity contribution in [2.24, 2.45) is 11.8 Å². The third-order valence-corrected chi connectivity index (χ3v) is 4.84. The minimum absolute atomic E-state index is 0.323. The molecule has 0 amide bonds. The fraction of sp³-hybridized carbons (Fsp3) is 0.769. The normalized spacial score (nSPS) is 27.9. The summed E-state index contributed by atoms with van der Waals surface area (Å²) in [7, 11) is 0. The van der Waals surface area contributed by atoms with Crippen LogP contribution in [0.2, 0.25) is 0 Å². The van der Waals surface area contributed by atoms with Crippen LogP contribution in [0.4, 0.5) is 0 Å². The van der Waals surface area contributed by atoms with Gasteiger partial charge in [0.15, 0.2) is 0 Å². The summed E-state index contributed by atoms with van der Waals surface area (Å²) in [6, 6.07) is 0. The van der Waals surface area contributed by atoms with Gasteiger partial charge in [-0.15, -0.1) is 11.3 Å². The van der Waals surface area contributed by atoms with Crippen LogP contribution >= 0.6 is 11.3 Å². The standard InChI is InChI=1S/C13H21NOS/c1-3-10-4-6-11(7-5-10)12(15)13-14-9(2)8-16-13/h8,10-12,15H,3-7H2,1-2H3. The van der Waals surface area contributed by atoms with Crippen molar-refractivity contribution in [3.63, 3.8) is 0 Å². The first-order valence-corrected chi connectivity index (χ1v) is 7.18. The molecule has 1 saturated carbocycles. The lowest BCUT2D eigenvalue weighted by Gasteiger charge is -2.30. The Balaban J connectivity index is 1.93. The van der Waals surface area contributed by atoms with E-state index in [0.29, 0.717) is 5.92 Å². The molecule has 3 heteroatoms. The Morgan fingerprint density at radius 1 is 1.44 bits per heavy atom. The van der Waals surface area contributed by atoms with Crippen LogP contribution < -0.4 is 0 Å². The van der Waals surface area contributed by atoms with Gasteiger partial charge in [-0.05, 0) is 31.6 Å². The number of hydrogen-bond donors (Lipinski definition) is 1. The predicted octanol–water partition coefficient (Wildman–Crippen LogP) is 3.70. The van der Waals surface area contributed by atoms with Crippen LogP contribution in [-0.2, 0) is 0 Å². The van der Waals surface area contributed by atoms with E-state index in [9.17, 15) is 5.11 Å². The number of nitrogens with zero attached hydrogens (tertiary/aromatic N) is 1. The molecule has 0 saturated heterocycles. The largest absolute Gasteiger partial charge is 0.386 e. The fourth-order valence-corrected chi connectivity index (χ4v) is 3.49. The molecule has 2 rings (SSSR count). The van der Waals surface area contributed by atoms with Crippen molar-refractivity contribution in [3.8, 4) is 0 Å². The van der Waals surface area contributed by atoms with Crippen LogP contribution in [0.5, 0.6) is 0 Å². The molecule has 90 valence electrons. The van der Waals surface area contributed by atoms with Crippen LogP contribution in [0.1, 0.15) is 55.8 Å². The van der Waals surface area contributed by atoms with E-state index in [-0.39, 0.29) is 6.10 Å². The molecule has 0 spiro atoms. The van der Waals surface area contributed by atoms with Crippen molar-refractivity contribution in [1.29, 1.82) is 0 Å². The Kier molecular flexibility index (Phi) is 3.98. The minimum atomic E-state index is -0.323. The molecular formula is C13H21NOS. The molecule has 0 bridgehead atoms. The molecular weight excluding hydrogens is 218 g/mol. The monoisotopic (exact) mass is 239 g/mol. The second kappa shape index (κ2) is 5.28. The van der Waals surface area contributed by atoms with Crippen LogP contribution in [0, 0.1) is 18.8 Å². The molecule has 0 aromatic carbocycles. The fourth-order valence-electron chi connectivity index (χ4n) is 2.62. The van der Waals surface area contributed by atoms with E-state index in [2.05, 4.69) is 11.9 Å². The molecule has 1 heterocycles. The Morgan fingerprint density at radius 3 is 2.62 bits per heavy atom. The van der Waals surface area contributed by atoms with Gasteiger partial charge in [-0.3, -0.25) is 0 Å². The van der Waals surface area contributed by atoms with Gasteiger partial charge in [0.05, 0.1) is 0 Å². The van der Waals surface area contributed by atoms with Crippen LogP contribution in [0.3, 0.4) is 0 Å². The first-order valence-electron chi connectivity index (χ1n) is 6.30. The number of aryl methyl sites for hydroxylation is 1. The van der Waals surface area contributed by atoms with Crippen molar-refractivity contribution in [2.75, 3.05) is 0 Å². The van der Waals surface area contributed by atoms with Crippen molar-refractivity contribution < 1.29 is 5.11 Å². The second-order valence-corrected chi connectivity index (χ2v) is 5.85. The smallest absolute Gasteiger partial charge is 0.122 e. The first-order chi connectivity index (χ1) is 7.70. The predicted molar refractivity (Wildman–Crippen MR) is 67.5 cm³/mol. The van der Waals surface area contributed by atoms with Crippen molar-refractivity contribution >= 4 is 11.3 Å². The van der Waals surface area contributed by atoms with E-state index >= 15 is 0 Å². The van der Waals surface area contributed by atoms with Crippen molar-refractivity contribution in [3.05, 3.63) is 16.1 Å². The maximum absolute atomic E-state index is 10.3. The Morgan fingerprint density at radius 2 is 2.12 bits per heavy atom. The molecule has 2 nitrogen and oxygen atoms in total. The number of hydrogen-bond acceptors (Lipinski definition) is 3. The lowest BCUT2D eigenvalue weighted by atomic mass is 9.78. The average Bonchev–Trinajstić information content (AvgIpc) is 2.75. The van der Waals surface area contributed by atoms with E-state index in [0.717, 1.165) is 29.5 Å². The lowest BCUT2D eigenvalue weighted by Crippen LogP contribution is -2.20. The van der Waals surface area contributed by atoms with E-state index in [1.165, 1.54) is 19.3 Å². The minimum Gasteiger partial charge on any atom is -0.386 e. The molecule has 1 fully saturated rings. The molecule has 16 heavy (non-hydrogen) atoms. The number of aliphatic hydroxyl groups is 1. The number of aliphatic hydroxyl groups excluding tert-OH is 1. The molecule has 1 atom stereocenters. The Labute approximate surface area is 102 Å². The summed E-state index contributed by atoms with van der Waals surface area (Å²) in [5.74, 6) is 1.33. The number of aromatic nitrogens is 1. The molecule has 1 aliphatic rings. The van der Waals surface area contributed by atoms with Crippen molar-refractivity contribution in [1.82, 2.24) is 4.98 Å². The highest BCUT2D eigenvalue weighted by Crippen LogP contribution is 2.38. The number of thiazole rings is 1. The Bertz CT molecular complexity index is 328. The second-order valence-electron chi connectivity index (χ2n) is 4.96. The zero-order valence-electron chi connectivity index (χ0n) is 10.1. The third-order valence-electron chi connectivity index (χ3n) is 3.81. The first kappa shape index (κ1) is 12.1. The van der Waals surface area contributed by atoms with E-state index in [1.807, 2.05) is 12.3 Å².